The first-order valence-corrected chi connectivity index (χ1v) is 4.14. The van der Waals surface area contributed by atoms with E-state index in [1.165, 1.54) is 11.8 Å². The minimum Gasteiger partial charge on any atom is -0.480 e. The van der Waals surface area contributed by atoms with Crippen molar-refractivity contribution in [3.8, 4) is 0 Å². The van der Waals surface area contributed by atoms with E-state index in [-0.39, 0.29) is 18.6 Å². The summed E-state index contributed by atoms with van der Waals surface area (Å²) in [6.45, 7) is 3.62. The molecule has 5 nitrogen and oxygen atoms in total. The Morgan fingerprint density at radius 1 is 1.54 bits per heavy atom. The zero-order valence-corrected chi connectivity index (χ0v) is 7.69. The molecule has 0 unspecified atom stereocenters. The van der Waals surface area contributed by atoms with E-state index in [1.54, 1.807) is 0 Å². The monoisotopic (exact) mass is 187 g/mol. The average molecular weight is 187 g/mol. The van der Waals surface area contributed by atoms with Gasteiger partial charge in [0.2, 0.25) is 5.91 Å². The van der Waals surface area contributed by atoms with E-state index < -0.39 is 12.0 Å². The highest BCUT2D eigenvalue weighted by atomic mass is 16.5. The fraction of sp³-hybridized carbons (Fsp3) is 0.750. The summed E-state index contributed by atoms with van der Waals surface area (Å²) in [5, 5.41) is 8.77. The number of carboxylic acid groups (broad SMARTS) is 1. The third-order valence-electron chi connectivity index (χ3n) is 2.06. The molecule has 5 heteroatoms. The largest absolute Gasteiger partial charge is 0.480 e. The number of carboxylic acids is 1. The van der Waals surface area contributed by atoms with Gasteiger partial charge in [-0.2, -0.15) is 0 Å². The molecular weight excluding hydrogens is 174 g/mol. The lowest BCUT2D eigenvalue weighted by Crippen LogP contribution is -2.54. The number of morpholine rings is 1. The first-order valence-electron chi connectivity index (χ1n) is 4.14. The van der Waals surface area contributed by atoms with Crippen molar-refractivity contribution < 1.29 is 19.4 Å². The highest BCUT2D eigenvalue weighted by Gasteiger charge is 2.33. The van der Waals surface area contributed by atoms with Gasteiger partial charge in [0.25, 0.3) is 0 Å². The molecule has 1 heterocycles. The van der Waals surface area contributed by atoms with Gasteiger partial charge in [-0.15, -0.1) is 0 Å². The second-order valence-electron chi connectivity index (χ2n) is 3.17. The Labute approximate surface area is 76.3 Å². The second kappa shape index (κ2) is 3.74. The van der Waals surface area contributed by atoms with E-state index in [1.807, 2.05) is 6.92 Å². The third-order valence-corrected chi connectivity index (χ3v) is 2.06. The smallest absolute Gasteiger partial charge is 0.328 e. The normalized spacial score (nSPS) is 28.6. The Hall–Kier alpha value is -1.10. The van der Waals surface area contributed by atoms with Gasteiger partial charge in [-0.3, -0.25) is 4.79 Å². The van der Waals surface area contributed by atoms with Crippen molar-refractivity contribution >= 4 is 11.9 Å². The van der Waals surface area contributed by atoms with Crippen LogP contribution in [0.2, 0.25) is 0 Å². The molecule has 0 aromatic carbocycles. The van der Waals surface area contributed by atoms with E-state index in [4.69, 9.17) is 9.84 Å². The summed E-state index contributed by atoms with van der Waals surface area (Å²) in [6, 6.07) is -0.825. The van der Waals surface area contributed by atoms with Gasteiger partial charge in [0, 0.05) is 13.5 Å². The molecule has 13 heavy (non-hydrogen) atoms. The number of aliphatic carboxylic acids is 1. The number of carbonyl (C=O) groups is 2. The van der Waals surface area contributed by atoms with E-state index in [9.17, 15) is 9.59 Å². The number of ether oxygens (including phenoxy) is 1. The SMILES string of the molecule is CC(=O)N1C[C@H](C)OC[C@@H]1C(=O)O. The van der Waals surface area contributed by atoms with Crippen LogP contribution in [0.5, 0.6) is 0 Å². The molecule has 0 spiro atoms. The molecular formula is C8H13NO4. The highest BCUT2D eigenvalue weighted by molar-refractivity contribution is 5.82. The van der Waals surface area contributed by atoms with Crippen molar-refractivity contribution in [1.29, 1.82) is 0 Å². The van der Waals surface area contributed by atoms with Crippen LogP contribution in [0.15, 0.2) is 0 Å². The molecule has 2 atom stereocenters. The van der Waals surface area contributed by atoms with Crippen molar-refractivity contribution in [1.82, 2.24) is 4.90 Å². The number of hydrogen-bond donors (Lipinski definition) is 1. The molecule has 0 aliphatic carbocycles. The lowest BCUT2D eigenvalue weighted by Gasteiger charge is -2.35. The minimum atomic E-state index is -1.01. The second-order valence-corrected chi connectivity index (χ2v) is 3.17. The number of carbonyl (C=O) groups excluding carboxylic acids is 1. The number of nitrogens with zero attached hydrogens (tertiary/aromatic N) is 1. The lowest BCUT2D eigenvalue weighted by atomic mass is 10.2. The highest BCUT2D eigenvalue weighted by Crippen LogP contribution is 2.11. The Kier molecular flexibility index (Phi) is 2.87. The van der Waals surface area contributed by atoms with E-state index in [0.717, 1.165) is 0 Å². The van der Waals surface area contributed by atoms with Crippen molar-refractivity contribution in [3.63, 3.8) is 0 Å². The van der Waals surface area contributed by atoms with E-state index in [2.05, 4.69) is 0 Å². The maximum absolute atomic E-state index is 11.1. The van der Waals surface area contributed by atoms with Crippen LogP contribution < -0.4 is 0 Å². The van der Waals surface area contributed by atoms with Crippen LogP contribution in [-0.4, -0.2) is 47.2 Å². The molecule has 0 bridgehead atoms. The fourth-order valence-electron chi connectivity index (χ4n) is 1.35. The molecule has 1 aliphatic heterocycles. The molecule has 1 saturated heterocycles. The first-order chi connectivity index (χ1) is 6.02. The predicted molar refractivity (Wildman–Crippen MR) is 44.2 cm³/mol. The zero-order valence-electron chi connectivity index (χ0n) is 7.69. The van der Waals surface area contributed by atoms with Gasteiger partial charge < -0.3 is 14.7 Å². The zero-order chi connectivity index (χ0) is 10.0. The Morgan fingerprint density at radius 2 is 2.15 bits per heavy atom. The molecule has 0 aromatic heterocycles. The van der Waals surface area contributed by atoms with Crippen LogP contribution >= 0.6 is 0 Å². The van der Waals surface area contributed by atoms with Crippen LogP contribution in [0.4, 0.5) is 0 Å². The standard InChI is InChI=1S/C8H13NO4/c1-5-3-9(6(2)10)7(4-13-5)8(11)12/h5,7H,3-4H2,1-2H3,(H,11,12)/t5-,7+/m0/s1. The predicted octanol–water partition coefficient (Wildman–Crippen LogP) is -0.293. The average Bonchev–Trinajstić information content (AvgIpc) is 2.03. The van der Waals surface area contributed by atoms with Gasteiger partial charge in [-0.05, 0) is 6.92 Å². The summed E-state index contributed by atoms with van der Waals surface area (Å²) in [6.07, 6.45) is -0.0838. The maximum atomic E-state index is 11.1. The summed E-state index contributed by atoms with van der Waals surface area (Å²) in [5.41, 5.74) is 0. The van der Waals surface area contributed by atoms with Crippen molar-refractivity contribution in [3.05, 3.63) is 0 Å². The molecule has 0 aromatic rings. The molecule has 1 rings (SSSR count). The van der Waals surface area contributed by atoms with Crippen molar-refractivity contribution in [2.75, 3.05) is 13.2 Å². The number of rotatable bonds is 1. The molecule has 74 valence electrons. The summed E-state index contributed by atoms with van der Waals surface area (Å²) >= 11 is 0. The molecule has 0 radical (unpaired) electrons. The molecule has 0 saturated carbocycles. The van der Waals surface area contributed by atoms with Crippen LogP contribution in [0.1, 0.15) is 13.8 Å². The van der Waals surface area contributed by atoms with E-state index in [0.29, 0.717) is 6.54 Å². The summed E-state index contributed by atoms with van der Waals surface area (Å²) in [7, 11) is 0. The van der Waals surface area contributed by atoms with Gasteiger partial charge in [0.05, 0.1) is 12.7 Å². The van der Waals surface area contributed by atoms with Gasteiger partial charge in [0.1, 0.15) is 0 Å². The Morgan fingerprint density at radius 3 is 2.62 bits per heavy atom. The fourth-order valence-corrected chi connectivity index (χ4v) is 1.35. The van der Waals surface area contributed by atoms with Crippen LogP contribution in [-0.2, 0) is 14.3 Å². The Bertz CT molecular complexity index is 228. The third kappa shape index (κ3) is 2.18. The van der Waals surface area contributed by atoms with Gasteiger partial charge in [0.15, 0.2) is 6.04 Å². The van der Waals surface area contributed by atoms with Crippen molar-refractivity contribution in [2.24, 2.45) is 0 Å². The first kappa shape index (κ1) is 9.98. The van der Waals surface area contributed by atoms with Crippen LogP contribution in [0, 0.1) is 0 Å². The summed E-state index contributed by atoms with van der Waals surface area (Å²) in [4.78, 5) is 23.1. The van der Waals surface area contributed by atoms with Crippen molar-refractivity contribution in [2.45, 2.75) is 26.0 Å². The molecule has 1 N–H and O–H groups in total. The van der Waals surface area contributed by atoms with Gasteiger partial charge in [-0.1, -0.05) is 0 Å². The minimum absolute atomic E-state index is 0.0794. The van der Waals surface area contributed by atoms with Gasteiger partial charge in [-0.25, -0.2) is 4.79 Å². The molecule has 1 fully saturated rings. The van der Waals surface area contributed by atoms with Crippen LogP contribution in [0.3, 0.4) is 0 Å². The quantitative estimate of drug-likeness (QED) is 0.612. The van der Waals surface area contributed by atoms with Gasteiger partial charge >= 0.3 is 5.97 Å². The van der Waals surface area contributed by atoms with Crippen LogP contribution in [0.25, 0.3) is 0 Å². The number of amides is 1. The Balaban J connectivity index is 2.72. The number of hydrogen-bond acceptors (Lipinski definition) is 3. The maximum Gasteiger partial charge on any atom is 0.328 e. The summed E-state index contributed by atoms with van der Waals surface area (Å²) in [5.74, 6) is -1.23. The lowest BCUT2D eigenvalue weighted by molar-refractivity contribution is -0.161. The van der Waals surface area contributed by atoms with E-state index >= 15 is 0 Å². The summed E-state index contributed by atoms with van der Waals surface area (Å²) < 4.78 is 5.16. The molecule has 1 aliphatic rings. The molecule has 1 amide bonds. The topological polar surface area (TPSA) is 66.8 Å².